The SMILES string of the molecule is CCC(O)CNC(=O)CCOCC(F)(F)F. The number of carbonyl (C=O) groups is 1. The topological polar surface area (TPSA) is 58.6 Å². The molecule has 0 aromatic heterocycles. The highest BCUT2D eigenvalue weighted by Gasteiger charge is 2.27. The van der Waals surface area contributed by atoms with Crippen molar-refractivity contribution in [2.75, 3.05) is 19.8 Å². The van der Waals surface area contributed by atoms with E-state index in [9.17, 15) is 18.0 Å². The zero-order valence-corrected chi connectivity index (χ0v) is 9.01. The number of aliphatic hydroxyl groups is 1. The molecule has 0 rings (SSSR count). The highest BCUT2D eigenvalue weighted by molar-refractivity contribution is 5.75. The Morgan fingerprint density at radius 2 is 2.12 bits per heavy atom. The summed E-state index contributed by atoms with van der Waals surface area (Å²) in [6.45, 7) is 0.225. The number of carbonyl (C=O) groups excluding carboxylic acids is 1. The average Bonchev–Trinajstić information content (AvgIpc) is 2.19. The first kappa shape index (κ1) is 15.2. The van der Waals surface area contributed by atoms with Crippen molar-refractivity contribution in [3.05, 3.63) is 0 Å². The highest BCUT2D eigenvalue weighted by atomic mass is 19.4. The molecule has 1 amide bonds. The van der Waals surface area contributed by atoms with Gasteiger partial charge in [0, 0.05) is 13.0 Å². The molecule has 0 bridgehead atoms. The number of rotatable bonds is 7. The lowest BCUT2D eigenvalue weighted by atomic mass is 10.3. The van der Waals surface area contributed by atoms with Crippen LogP contribution in [0.3, 0.4) is 0 Å². The predicted molar refractivity (Wildman–Crippen MR) is 50.8 cm³/mol. The Morgan fingerprint density at radius 3 is 2.62 bits per heavy atom. The third kappa shape index (κ3) is 9.72. The molecule has 0 spiro atoms. The van der Waals surface area contributed by atoms with Gasteiger partial charge in [0.05, 0.1) is 12.7 Å². The molecule has 0 saturated carbocycles. The van der Waals surface area contributed by atoms with Crippen molar-refractivity contribution in [3.8, 4) is 0 Å². The van der Waals surface area contributed by atoms with E-state index in [-0.39, 0.29) is 19.6 Å². The third-order valence-corrected chi connectivity index (χ3v) is 1.75. The summed E-state index contributed by atoms with van der Waals surface area (Å²) in [7, 11) is 0. The van der Waals surface area contributed by atoms with Crippen LogP contribution in [0.5, 0.6) is 0 Å². The summed E-state index contributed by atoms with van der Waals surface area (Å²) in [6.07, 6.45) is -4.63. The molecule has 2 N–H and O–H groups in total. The molecule has 0 aliphatic rings. The van der Waals surface area contributed by atoms with Crippen LogP contribution < -0.4 is 5.32 Å². The Balaban J connectivity index is 3.44. The number of ether oxygens (including phenoxy) is 1. The van der Waals surface area contributed by atoms with Gasteiger partial charge in [-0.15, -0.1) is 0 Å². The highest BCUT2D eigenvalue weighted by Crippen LogP contribution is 2.14. The van der Waals surface area contributed by atoms with Crippen LogP contribution in [-0.2, 0) is 9.53 Å². The van der Waals surface area contributed by atoms with Crippen molar-refractivity contribution in [1.29, 1.82) is 0 Å². The maximum absolute atomic E-state index is 11.6. The Labute approximate surface area is 91.8 Å². The zero-order valence-electron chi connectivity index (χ0n) is 9.01. The van der Waals surface area contributed by atoms with Crippen LogP contribution >= 0.6 is 0 Å². The van der Waals surface area contributed by atoms with Crippen LogP contribution in [0.1, 0.15) is 19.8 Å². The van der Waals surface area contributed by atoms with E-state index in [1.54, 1.807) is 6.92 Å². The van der Waals surface area contributed by atoms with Gasteiger partial charge in [-0.1, -0.05) is 6.92 Å². The van der Waals surface area contributed by atoms with Gasteiger partial charge in [-0.05, 0) is 6.42 Å². The summed E-state index contributed by atoms with van der Waals surface area (Å²) in [5.74, 6) is -0.435. The molecule has 4 nitrogen and oxygen atoms in total. The van der Waals surface area contributed by atoms with Crippen molar-refractivity contribution >= 4 is 5.91 Å². The summed E-state index contributed by atoms with van der Waals surface area (Å²) in [5, 5.41) is 11.5. The van der Waals surface area contributed by atoms with Gasteiger partial charge in [-0.3, -0.25) is 4.79 Å². The first-order valence-electron chi connectivity index (χ1n) is 4.94. The van der Waals surface area contributed by atoms with Gasteiger partial charge in [0.25, 0.3) is 0 Å². The molecule has 1 atom stereocenters. The van der Waals surface area contributed by atoms with Gasteiger partial charge in [0.15, 0.2) is 0 Å². The van der Waals surface area contributed by atoms with E-state index in [1.807, 2.05) is 0 Å². The molecule has 0 fully saturated rings. The average molecular weight is 243 g/mol. The number of nitrogens with one attached hydrogen (secondary N) is 1. The Kier molecular flexibility index (Phi) is 7.07. The van der Waals surface area contributed by atoms with Crippen molar-refractivity contribution in [2.45, 2.75) is 32.0 Å². The molecule has 0 heterocycles. The lowest BCUT2D eigenvalue weighted by Crippen LogP contribution is -2.32. The summed E-state index contributed by atoms with van der Waals surface area (Å²) in [5.41, 5.74) is 0. The molecule has 0 radical (unpaired) electrons. The fraction of sp³-hybridized carbons (Fsp3) is 0.889. The van der Waals surface area contributed by atoms with Crippen LogP contribution in [-0.4, -0.2) is 43.1 Å². The standard InChI is InChI=1S/C9H16F3NO3/c1-2-7(14)5-13-8(15)3-4-16-6-9(10,11)12/h7,14H,2-6H2,1H3,(H,13,15). The van der Waals surface area contributed by atoms with E-state index in [0.717, 1.165) is 0 Å². The van der Waals surface area contributed by atoms with Gasteiger partial charge in [-0.25, -0.2) is 0 Å². The molecule has 96 valence electrons. The Hall–Kier alpha value is -0.820. The lowest BCUT2D eigenvalue weighted by molar-refractivity contribution is -0.174. The summed E-state index contributed by atoms with van der Waals surface area (Å²) in [4.78, 5) is 11.0. The van der Waals surface area contributed by atoms with Crippen LogP contribution in [0.2, 0.25) is 0 Å². The predicted octanol–water partition coefficient (Wildman–Crippen LogP) is 0.843. The second-order valence-electron chi connectivity index (χ2n) is 3.28. The quantitative estimate of drug-likeness (QED) is 0.651. The minimum atomic E-state index is -4.37. The first-order chi connectivity index (χ1) is 7.35. The third-order valence-electron chi connectivity index (χ3n) is 1.75. The second-order valence-corrected chi connectivity index (χ2v) is 3.28. The number of alkyl halides is 3. The van der Waals surface area contributed by atoms with E-state index in [0.29, 0.717) is 6.42 Å². The molecule has 0 aromatic rings. The van der Waals surface area contributed by atoms with Crippen molar-refractivity contribution < 1.29 is 27.8 Å². The molecular weight excluding hydrogens is 227 g/mol. The van der Waals surface area contributed by atoms with E-state index in [2.05, 4.69) is 10.1 Å². The molecule has 0 aliphatic carbocycles. The minimum Gasteiger partial charge on any atom is -0.391 e. The summed E-state index contributed by atoms with van der Waals surface area (Å²) >= 11 is 0. The van der Waals surface area contributed by atoms with Gasteiger partial charge < -0.3 is 15.2 Å². The Bertz CT molecular complexity index is 209. The first-order valence-corrected chi connectivity index (χ1v) is 4.94. The number of hydrogen-bond donors (Lipinski definition) is 2. The normalized spacial score (nSPS) is 13.6. The minimum absolute atomic E-state index is 0.106. The van der Waals surface area contributed by atoms with E-state index in [4.69, 9.17) is 5.11 Å². The summed E-state index contributed by atoms with van der Waals surface area (Å²) in [6, 6.07) is 0. The lowest BCUT2D eigenvalue weighted by Gasteiger charge is -2.10. The smallest absolute Gasteiger partial charge is 0.391 e. The molecule has 0 saturated heterocycles. The molecule has 7 heteroatoms. The fourth-order valence-corrected chi connectivity index (χ4v) is 0.817. The van der Waals surface area contributed by atoms with E-state index >= 15 is 0 Å². The van der Waals surface area contributed by atoms with Crippen LogP contribution in [0.25, 0.3) is 0 Å². The van der Waals surface area contributed by atoms with Crippen molar-refractivity contribution in [2.24, 2.45) is 0 Å². The van der Waals surface area contributed by atoms with E-state index < -0.39 is 24.8 Å². The van der Waals surface area contributed by atoms with Crippen LogP contribution in [0.15, 0.2) is 0 Å². The van der Waals surface area contributed by atoms with Crippen LogP contribution in [0.4, 0.5) is 13.2 Å². The number of hydrogen-bond acceptors (Lipinski definition) is 3. The molecule has 0 aromatic carbocycles. The zero-order chi connectivity index (χ0) is 12.6. The maximum atomic E-state index is 11.6. The Morgan fingerprint density at radius 1 is 1.50 bits per heavy atom. The number of halogens is 3. The number of aliphatic hydroxyl groups excluding tert-OH is 1. The molecule has 0 aliphatic heterocycles. The van der Waals surface area contributed by atoms with Crippen molar-refractivity contribution in [1.82, 2.24) is 5.32 Å². The van der Waals surface area contributed by atoms with Gasteiger partial charge in [-0.2, -0.15) is 13.2 Å². The monoisotopic (exact) mass is 243 g/mol. The van der Waals surface area contributed by atoms with E-state index in [1.165, 1.54) is 0 Å². The molecular formula is C9H16F3NO3. The molecule has 16 heavy (non-hydrogen) atoms. The number of amides is 1. The van der Waals surface area contributed by atoms with Gasteiger partial charge in [0.2, 0.25) is 5.91 Å². The van der Waals surface area contributed by atoms with Gasteiger partial charge >= 0.3 is 6.18 Å². The molecule has 1 unspecified atom stereocenters. The maximum Gasteiger partial charge on any atom is 0.411 e. The summed E-state index contributed by atoms with van der Waals surface area (Å²) < 4.78 is 39.1. The van der Waals surface area contributed by atoms with Crippen molar-refractivity contribution in [3.63, 3.8) is 0 Å². The van der Waals surface area contributed by atoms with Crippen LogP contribution in [0, 0.1) is 0 Å². The second kappa shape index (κ2) is 7.45. The van der Waals surface area contributed by atoms with Gasteiger partial charge in [0.1, 0.15) is 6.61 Å². The largest absolute Gasteiger partial charge is 0.411 e. The fourth-order valence-electron chi connectivity index (χ4n) is 0.817.